The van der Waals surface area contributed by atoms with E-state index in [1.54, 1.807) is 0 Å². The van der Waals surface area contributed by atoms with E-state index in [2.05, 4.69) is 0 Å². The predicted molar refractivity (Wildman–Crippen MR) is 36.4 cm³/mol. The van der Waals surface area contributed by atoms with Gasteiger partial charge in [0.05, 0.1) is 0 Å². The molecule has 0 radical (unpaired) electrons. The Labute approximate surface area is 70.5 Å². The Bertz CT molecular complexity index is 256. The molecule has 13 heavy (non-hydrogen) atoms. The molecule has 0 aromatic heterocycles. The highest BCUT2D eigenvalue weighted by Crippen LogP contribution is 2.43. The second-order valence-electron chi connectivity index (χ2n) is 1.99. The van der Waals surface area contributed by atoms with Crippen LogP contribution < -0.4 is 0 Å². The summed E-state index contributed by atoms with van der Waals surface area (Å²) in [7, 11) is -5.00. The minimum atomic E-state index is -5.00. The lowest BCUT2D eigenvalue weighted by Gasteiger charge is -2.08. The molecule has 0 aromatic rings. The second-order valence-corrected chi connectivity index (χ2v) is 3.77. The zero-order chi connectivity index (χ0) is 10.6. The molecule has 0 spiro atoms. The number of hydrogen-bond donors (Lipinski definition) is 2. The highest BCUT2D eigenvalue weighted by atomic mass is 31.2. The van der Waals surface area contributed by atoms with E-state index in [0.717, 1.165) is 0 Å². The maximum absolute atomic E-state index is 11.5. The normalized spacial score (nSPS) is 11.3. The van der Waals surface area contributed by atoms with Gasteiger partial charge in [0.15, 0.2) is 0 Å². The van der Waals surface area contributed by atoms with Crippen LogP contribution >= 0.6 is 7.60 Å². The van der Waals surface area contributed by atoms with Crippen molar-refractivity contribution in [2.24, 2.45) is 0 Å². The van der Waals surface area contributed by atoms with Crippen LogP contribution in [0, 0.1) is 0 Å². The van der Waals surface area contributed by atoms with Crippen molar-refractivity contribution in [1.29, 1.82) is 0 Å². The van der Waals surface area contributed by atoms with Gasteiger partial charge in [-0.25, -0.2) is 0 Å². The van der Waals surface area contributed by atoms with Crippen LogP contribution in [0.1, 0.15) is 0 Å². The molecule has 76 valence electrons. The molecule has 0 amide bonds. The van der Waals surface area contributed by atoms with Crippen LogP contribution in [0.15, 0.2) is 24.3 Å². The number of halogens is 4. The smallest absolute Gasteiger partial charge is 0.324 e. The summed E-state index contributed by atoms with van der Waals surface area (Å²) in [6.45, 7) is 0. The molecule has 3 nitrogen and oxygen atoms in total. The van der Waals surface area contributed by atoms with Gasteiger partial charge in [-0.15, -0.1) is 0 Å². The van der Waals surface area contributed by atoms with Gasteiger partial charge in [0, 0.05) is 12.2 Å². The Hall–Kier alpha value is -0.650. The van der Waals surface area contributed by atoms with E-state index < -0.39 is 25.4 Å². The first-order valence-corrected chi connectivity index (χ1v) is 4.52. The van der Waals surface area contributed by atoms with Gasteiger partial charge in [0.2, 0.25) is 0 Å². The summed E-state index contributed by atoms with van der Waals surface area (Å²) in [5.74, 6) is 0. The van der Waals surface area contributed by atoms with Gasteiger partial charge >= 0.3 is 7.60 Å². The molecular formula is C5H5F4O3P. The molecule has 0 saturated carbocycles. The predicted octanol–water partition coefficient (Wildman–Crippen LogP) is 2.09. The Morgan fingerprint density at radius 2 is 1.38 bits per heavy atom. The summed E-state index contributed by atoms with van der Waals surface area (Å²) < 4.78 is 56.4. The van der Waals surface area contributed by atoms with Gasteiger partial charge in [-0.1, -0.05) is 0 Å². The molecule has 0 heterocycles. The SMILES string of the molecule is O=P(O)(O)C(C=C(F)F)C=C(F)F. The Kier molecular flexibility index (Phi) is 4.32. The highest BCUT2D eigenvalue weighted by Gasteiger charge is 2.26. The number of rotatable bonds is 3. The zero-order valence-corrected chi connectivity index (χ0v) is 6.89. The molecule has 0 unspecified atom stereocenters. The van der Waals surface area contributed by atoms with Gasteiger partial charge in [0.1, 0.15) is 5.66 Å². The van der Waals surface area contributed by atoms with E-state index in [1.807, 2.05) is 0 Å². The fourth-order valence-electron chi connectivity index (χ4n) is 0.500. The summed E-state index contributed by atoms with van der Waals surface area (Å²) in [6, 6.07) is 0. The van der Waals surface area contributed by atoms with Crippen molar-refractivity contribution in [1.82, 2.24) is 0 Å². The van der Waals surface area contributed by atoms with Crippen LogP contribution in [-0.4, -0.2) is 15.4 Å². The molecule has 0 atom stereocenters. The maximum atomic E-state index is 11.5. The van der Waals surface area contributed by atoms with E-state index in [9.17, 15) is 22.1 Å². The third-order valence-electron chi connectivity index (χ3n) is 0.982. The summed E-state index contributed by atoms with van der Waals surface area (Å²) in [5, 5.41) is 0. The van der Waals surface area contributed by atoms with Gasteiger partial charge in [0.25, 0.3) is 12.2 Å². The standard InChI is InChI=1S/C5H5F4O3P/c6-4(7)1-3(2-5(8)9)13(10,11)12/h1-3H,(H2,10,11,12). The molecule has 0 bridgehead atoms. The van der Waals surface area contributed by atoms with E-state index in [4.69, 9.17) is 9.79 Å². The fourth-order valence-corrected chi connectivity index (χ4v) is 1.11. The van der Waals surface area contributed by atoms with Crippen LogP contribution in [-0.2, 0) is 4.57 Å². The van der Waals surface area contributed by atoms with Crippen LogP contribution in [0.2, 0.25) is 0 Å². The van der Waals surface area contributed by atoms with Crippen molar-refractivity contribution in [2.45, 2.75) is 5.66 Å². The molecule has 0 saturated heterocycles. The van der Waals surface area contributed by atoms with E-state index in [1.165, 1.54) is 0 Å². The lowest BCUT2D eigenvalue weighted by Crippen LogP contribution is -2.01. The maximum Gasteiger partial charge on any atom is 0.336 e. The van der Waals surface area contributed by atoms with Crippen molar-refractivity contribution >= 4 is 7.60 Å². The quantitative estimate of drug-likeness (QED) is 0.565. The first-order valence-electron chi connectivity index (χ1n) is 2.84. The first kappa shape index (κ1) is 12.3. The topological polar surface area (TPSA) is 57.5 Å². The zero-order valence-electron chi connectivity index (χ0n) is 5.99. The minimum absolute atomic E-state index is 0.222. The highest BCUT2D eigenvalue weighted by molar-refractivity contribution is 7.53. The molecule has 2 N–H and O–H groups in total. The van der Waals surface area contributed by atoms with E-state index >= 15 is 0 Å². The molecule has 0 aliphatic heterocycles. The Morgan fingerprint density at radius 3 is 1.54 bits per heavy atom. The van der Waals surface area contributed by atoms with E-state index in [-0.39, 0.29) is 12.2 Å². The van der Waals surface area contributed by atoms with Crippen molar-refractivity contribution < 1.29 is 31.9 Å². The Morgan fingerprint density at radius 1 is 1.08 bits per heavy atom. The average molecular weight is 220 g/mol. The second kappa shape index (κ2) is 4.55. The minimum Gasteiger partial charge on any atom is -0.324 e. The van der Waals surface area contributed by atoms with Gasteiger partial charge in [-0.2, -0.15) is 17.6 Å². The van der Waals surface area contributed by atoms with Crippen LogP contribution in [0.4, 0.5) is 17.6 Å². The van der Waals surface area contributed by atoms with Crippen molar-refractivity contribution in [3.63, 3.8) is 0 Å². The number of allylic oxidation sites excluding steroid dienone is 2. The van der Waals surface area contributed by atoms with Gasteiger partial charge in [-0.3, -0.25) is 4.57 Å². The third kappa shape index (κ3) is 5.57. The molecule has 8 heteroatoms. The molecule has 0 aliphatic rings. The summed E-state index contributed by atoms with van der Waals surface area (Å²) in [4.78, 5) is 16.7. The first-order chi connectivity index (χ1) is 5.73. The van der Waals surface area contributed by atoms with Crippen LogP contribution in [0.5, 0.6) is 0 Å². The molecule has 0 rings (SSSR count). The summed E-state index contributed by atoms with van der Waals surface area (Å²) >= 11 is 0. The third-order valence-corrected chi connectivity index (χ3v) is 2.06. The summed E-state index contributed by atoms with van der Waals surface area (Å²) in [5.41, 5.74) is -2.28. The molecular weight excluding hydrogens is 215 g/mol. The lowest BCUT2D eigenvalue weighted by molar-refractivity contribution is 0.362. The molecule has 0 aliphatic carbocycles. The fraction of sp³-hybridized carbons (Fsp3) is 0.200. The van der Waals surface area contributed by atoms with Crippen molar-refractivity contribution in [3.05, 3.63) is 24.3 Å². The van der Waals surface area contributed by atoms with E-state index in [0.29, 0.717) is 0 Å². The van der Waals surface area contributed by atoms with Crippen LogP contribution in [0.3, 0.4) is 0 Å². The lowest BCUT2D eigenvalue weighted by atomic mass is 10.4. The number of hydrogen-bond acceptors (Lipinski definition) is 1. The summed E-state index contributed by atoms with van der Waals surface area (Å²) in [6.07, 6.45) is -5.29. The van der Waals surface area contributed by atoms with Crippen LogP contribution in [0.25, 0.3) is 0 Å². The van der Waals surface area contributed by atoms with Gasteiger partial charge < -0.3 is 9.79 Å². The van der Waals surface area contributed by atoms with Gasteiger partial charge in [-0.05, 0) is 0 Å². The molecule has 0 fully saturated rings. The van der Waals surface area contributed by atoms with Crippen molar-refractivity contribution in [2.75, 3.05) is 0 Å². The largest absolute Gasteiger partial charge is 0.336 e. The average Bonchev–Trinajstić information content (AvgIpc) is 1.81. The Balaban J connectivity index is 4.90. The monoisotopic (exact) mass is 220 g/mol. The molecule has 0 aromatic carbocycles. The van der Waals surface area contributed by atoms with Crippen molar-refractivity contribution in [3.8, 4) is 0 Å².